The summed E-state index contributed by atoms with van der Waals surface area (Å²) in [5.74, 6) is -0.870. The molecule has 0 saturated carbocycles. The van der Waals surface area contributed by atoms with Gasteiger partial charge < -0.3 is 5.73 Å². The number of aromatic nitrogens is 4. The van der Waals surface area contributed by atoms with Gasteiger partial charge in [0.2, 0.25) is 0 Å². The molecule has 0 fully saturated rings. The molecule has 0 saturated heterocycles. The van der Waals surface area contributed by atoms with Crippen molar-refractivity contribution in [2.45, 2.75) is 19.0 Å². The van der Waals surface area contributed by atoms with Crippen LogP contribution in [0.1, 0.15) is 27.2 Å². The first-order chi connectivity index (χ1) is 13.7. The van der Waals surface area contributed by atoms with Crippen molar-refractivity contribution in [1.82, 2.24) is 19.7 Å². The second kappa shape index (κ2) is 6.55. The van der Waals surface area contributed by atoms with E-state index in [9.17, 15) is 23.2 Å². The van der Waals surface area contributed by atoms with E-state index in [1.807, 2.05) is 0 Å². The highest BCUT2D eigenvalue weighted by atomic mass is 19.4. The van der Waals surface area contributed by atoms with Crippen LogP contribution in [0.2, 0.25) is 0 Å². The van der Waals surface area contributed by atoms with E-state index in [1.165, 1.54) is 23.0 Å². The molecule has 0 spiro atoms. The van der Waals surface area contributed by atoms with Gasteiger partial charge >= 0.3 is 6.18 Å². The minimum Gasteiger partial charge on any atom is -0.364 e. The lowest BCUT2D eigenvalue weighted by molar-refractivity contribution is -0.137. The van der Waals surface area contributed by atoms with Gasteiger partial charge in [-0.3, -0.25) is 14.7 Å². The van der Waals surface area contributed by atoms with Gasteiger partial charge in [-0.2, -0.15) is 23.3 Å². The number of carbonyl (C=O) groups excluding carboxylic acids is 1. The summed E-state index contributed by atoms with van der Waals surface area (Å²) in [4.78, 5) is 20.0. The lowest BCUT2D eigenvalue weighted by Crippen LogP contribution is -2.18. The predicted octanol–water partition coefficient (Wildman–Crippen LogP) is 2.62. The molecular formula is C18H15F3N6O2. The van der Waals surface area contributed by atoms with Crippen LogP contribution in [0.15, 0.2) is 30.5 Å². The van der Waals surface area contributed by atoms with Crippen molar-refractivity contribution < 1.29 is 23.2 Å². The highest BCUT2D eigenvalue weighted by Crippen LogP contribution is 2.36. The van der Waals surface area contributed by atoms with Gasteiger partial charge in [0, 0.05) is 18.8 Å². The molecule has 2 aromatic heterocycles. The van der Waals surface area contributed by atoms with E-state index in [-0.39, 0.29) is 17.3 Å². The third-order valence-corrected chi connectivity index (χ3v) is 4.71. The monoisotopic (exact) mass is 404 g/mol. The first-order valence-corrected chi connectivity index (χ1v) is 8.55. The number of hydrogen-bond donors (Lipinski definition) is 2. The number of nitrogens with zero attached hydrogens (tertiary/aromatic N) is 5. The molecule has 150 valence electrons. The summed E-state index contributed by atoms with van der Waals surface area (Å²) in [6.07, 6.45) is -2.01. The van der Waals surface area contributed by atoms with Gasteiger partial charge in [0.25, 0.3) is 11.9 Å². The number of anilines is 2. The molecule has 0 bridgehead atoms. The van der Waals surface area contributed by atoms with Gasteiger partial charge in [-0.25, -0.2) is 9.97 Å². The maximum Gasteiger partial charge on any atom is 0.416 e. The number of primary amides is 1. The molecule has 1 aliphatic carbocycles. The van der Waals surface area contributed by atoms with Crippen molar-refractivity contribution >= 4 is 17.5 Å². The Bertz CT molecular complexity index is 1130. The SMILES string of the molecule is Cn1nc(C(N)=O)c2c1-c1nc(N(O)c3cccc(C(F)(F)F)c3)ncc1CC2. The molecule has 3 aromatic rings. The van der Waals surface area contributed by atoms with Crippen molar-refractivity contribution in [3.8, 4) is 11.4 Å². The van der Waals surface area contributed by atoms with Crippen molar-refractivity contribution in [2.75, 3.05) is 5.06 Å². The fourth-order valence-electron chi connectivity index (χ4n) is 3.38. The molecule has 0 atom stereocenters. The molecule has 1 amide bonds. The zero-order valence-electron chi connectivity index (χ0n) is 15.1. The Hall–Kier alpha value is -3.47. The van der Waals surface area contributed by atoms with E-state index < -0.39 is 17.6 Å². The maximum atomic E-state index is 13.0. The molecule has 11 heteroatoms. The minimum atomic E-state index is -4.55. The van der Waals surface area contributed by atoms with Crippen molar-refractivity contribution in [3.05, 3.63) is 52.8 Å². The van der Waals surface area contributed by atoms with E-state index in [0.717, 1.165) is 17.7 Å². The molecule has 29 heavy (non-hydrogen) atoms. The number of hydrogen-bond acceptors (Lipinski definition) is 6. The van der Waals surface area contributed by atoms with Crippen molar-refractivity contribution in [3.63, 3.8) is 0 Å². The van der Waals surface area contributed by atoms with Crippen LogP contribution >= 0.6 is 0 Å². The number of alkyl halides is 3. The maximum absolute atomic E-state index is 13.0. The summed E-state index contributed by atoms with van der Waals surface area (Å²) in [6, 6.07) is 4.18. The molecule has 4 rings (SSSR count). The van der Waals surface area contributed by atoms with Crippen LogP contribution in [0.3, 0.4) is 0 Å². The number of carbonyl (C=O) groups is 1. The molecular weight excluding hydrogens is 389 g/mol. The summed E-state index contributed by atoms with van der Waals surface area (Å²) in [6.45, 7) is 0. The smallest absolute Gasteiger partial charge is 0.364 e. The number of aryl methyl sites for hydroxylation is 2. The summed E-state index contributed by atoms with van der Waals surface area (Å²) >= 11 is 0. The Kier molecular flexibility index (Phi) is 4.26. The van der Waals surface area contributed by atoms with Crippen LogP contribution in [0.25, 0.3) is 11.4 Å². The number of halogens is 3. The zero-order chi connectivity index (χ0) is 20.9. The minimum absolute atomic E-state index is 0.140. The van der Waals surface area contributed by atoms with Crippen LogP contribution in [-0.2, 0) is 26.1 Å². The van der Waals surface area contributed by atoms with Gasteiger partial charge in [-0.05, 0) is 36.6 Å². The quantitative estimate of drug-likeness (QED) is 0.650. The van der Waals surface area contributed by atoms with E-state index in [2.05, 4.69) is 15.1 Å². The van der Waals surface area contributed by atoms with E-state index >= 15 is 0 Å². The van der Waals surface area contributed by atoms with E-state index in [0.29, 0.717) is 34.9 Å². The highest BCUT2D eigenvalue weighted by molar-refractivity contribution is 5.94. The molecule has 1 aliphatic rings. The summed E-state index contributed by atoms with van der Waals surface area (Å²) < 4.78 is 40.3. The number of fused-ring (bicyclic) bond motifs is 3. The van der Waals surface area contributed by atoms with Gasteiger partial charge in [0.05, 0.1) is 22.6 Å². The number of benzene rings is 1. The molecule has 2 heterocycles. The average Bonchev–Trinajstić information content (AvgIpc) is 3.04. The summed E-state index contributed by atoms with van der Waals surface area (Å²) in [5, 5.41) is 15.1. The van der Waals surface area contributed by atoms with E-state index in [1.54, 1.807) is 7.05 Å². The molecule has 8 nitrogen and oxygen atoms in total. The Balaban J connectivity index is 1.78. The summed E-state index contributed by atoms with van der Waals surface area (Å²) in [5.41, 5.74) is 6.87. The largest absolute Gasteiger partial charge is 0.416 e. The molecule has 3 N–H and O–H groups in total. The van der Waals surface area contributed by atoms with Crippen LogP contribution in [0.4, 0.5) is 24.8 Å². The normalized spacial score (nSPS) is 13.0. The van der Waals surface area contributed by atoms with Gasteiger partial charge in [0.15, 0.2) is 5.69 Å². The van der Waals surface area contributed by atoms with Gasteiger partial charge in [-0.15, -0.1) is 0 Å². The fraction of sp³-hybridized carbons (Fsp3) is 0.222. The average molecular weight is 404 g/mol. The number of amides is 1. The molecule has 0 aliphatic heterocycles. The standard InChI is InChI=1S/C18H15F3N6O2/c1-26-15-12(14(25-26)16(22)28)6-5-9-8-23-17(24-13(9)15)27(29)11-4-2-3-10(7-11)18(19,20)21/h2-4,7-8,29H,5-6H2,1H3,(H2,22,28). The molecule has 1 aromatic carbocycles. The fourth-order valence-corrected chi connectivity index (χ4v) is 3.38. The van der Waals surface area contributed by atoms with Crippen LogP contribution < -0.4 is 10.8 Å². The Morgan fingerprint density at radius 1 is 1.31 bits per heavy atom. The summed E-state index contributed by atoms with van der Waals surface area (Å²) in [7, 11) is 1.63. The van der Waals surface area contributed by atoms with Gasteiger partial charge in [0.1, 0.15) is 0 Å². The third-order valence-electron chi connectivity index (χ3n) is 4.71. The number of nitrogens with two attached hydrogens (primary N) is 1. The third kappa shape index (κ3) is 3.18. The van der Waals surface area contributed by atoms with Crippen molar-refractivity contribution in [2.24, 2.45) is 12.8 Å². The van der Waals surface area contributed by atoms with Crippen molar-refractivity contribution in [1.29, 1.82) is 0 Å². The molecule has 0 radical (unpaired) electrons. The van der Waals surface area contributed by atoms with E-state index in [4.69, 9.17) is 5.73 Å². The number of rotatable bonds is 3. The Morgan fingerprint density at radius 2 is 2.07 bits per heavy atom. The predicted molar refractivity (Wildman–Crippen MR) is 95.5 cm³/mol. The first kappa shape index (κ1) is 18.9. The van der Waals surface area contributed by atoms with Crippen LogP contribution in [-0.4, -0.2) is 30.9 Å². The van der Waals surface area contributed by atoms with Crippen LogP contribution in [0, 0.1) is 0 Å². The topological polar surface area (TPSA) is 110 Å². The van der Waals surface area contributed by atoms with Crippen LogP contribution in [0.5, 0.6) is 0 Å². The Morgan fingerprint density at radius 3 is 2.76 bits per heavy atom. The highest BCUT2D eigenvalue weighted by Gasteiger charge is 2.32. The second-order valence-corrected chi connectivity index (χ2v) is 6.57. The Labute approximate surface area is 162 Å². The lowest BCUT2D eigenvalue weighted by atomic mass is 9.93. The second-order valence-electron chi connectivity index (χ2n) is 6.57. The van der Waals surface area contributed by atoms with Gasteiger partial charge in [-0.1, -0.05) is 6.07 Å². The zero-order valence-corrected chi connectivity index (χ0v) is 15.1. The lowest BCUT2D eigenvalue weighted by Gasteiger charge is -2.20. The first-order valence-electron chi connectivity index (χ1n) is 8.55. The molecule has 0 unspecified atom stereocenters.